The highest BCUT2D eigenvalue weighted by atomic mass is 19.2. The van der Waals surface area contributed by atoms with Gasteiger partial charge in [-0.2, -0.15) is 0 Å². The van der Waals surface area contributed by atoms with Gasteiger partial charge in [0.2, 0.25) is 0 Å². The summed E-state index contributed by atoms with van der Waals surface area (Å²) in [5.41, 5.74) is -2.71. The number of halogens is 4. The van der Waals surface area contributed by atoms with Crippen molar-refractivity contribution in [2.75, 3.05) is 12.2 Å². The second kappa shape index (κ2) is 7.66. The van der Waals surface area contributed by atoms with Crippen LogP contribution in [0.15, 0.2) is 47.1 Å². The summed E-state index contributed by atoms with van der Waals surface area (Å²) in [6.07, 6.45) is 0.635. The van der Waals surface area contributed by atoms with E-state index in [0.717, 1.165) is 7.11 Å². The molecule has 6 nitrogen and oxygen atoms in total. The van der Waals surface area contributed by atoms with Crippen LogP contribution in [0.1, 0.15) is 20.9 Å². The maximum atomic E-state index is 14.8. The first-order chi connectivity index (χ1) is 13.8. The summed E-state index contributed by atoms with van der Waals surface area (Å²) in [4.78, 5) is 22.9. The molecule has 0 spiro atoms. The Kier molecular flexibility index (Phi) is 5.26. The minimum atomic E-state index is -1.98. The van der Waals surface area contributed by atoms with Gasteiger partial charge in [0.15, 0.2) is 34.6 Å². The molecule has 3 aromatic rings. The van der Waals surface area contributed by atoms with Crippen molar-refractivity contribution >= 4 is 17.6 Å². The number of benzene rings is 2. The van der Waals surface area contributed by atoms with Crippen molar-refractivity contribution < 1.29 is 41.5 Å². The Balaban J connectivity index is 2.13. The van der Waals surface area contributed by atoms with Crippen LogP contribution in [0, 0.1) is 17.5 Å². The van der Waals surface area contributed by atoms with Crippen LogP contribution >= 0.6 is 0 Å². The summed E-state index contributed by atoms with van der Waals surface area (Å²) in [5.74, 6) is -10.2. The van der Waals surface area contributed by atoms with Crippen LogP contribution in [0.5, 0.6) is 5.75 Å². The quantitative estimate of drug-likeness (QED) is 0.378. The fourth-order valence-electron chi connectivity index (χ4n) is 2.61. The lowest BCUT2D eigenvalue weighted by Crippen LogP contribution is -2.24. The standard InChI is InChI=1S/C19H11F4NO5/c1-28-17-12(9-5-3-2-4-6-9)13(20)14(21)16(15(17)22)24(23)18(25)11-7-10(8-29-11)19(26)27/h2-8H,1H3,(H,26,27). The van der Waals surface area contributed by atoms with E-state index >= 15 is 0 Å². The number of amides is 1. The molecule has 2 aromatic carbocycles. The van der Waals surface area contributed by atoms with Gasteiger partial charge in [-0.05, 0) is 5.56 Å². The third-order valence-electron chi connectivity index (χ3n) is 3.95. The van der Waals surface area contributed by atoms with Crippen LogP contribution in [0.25, 0.3) is 11.1 Å². The van der Waals surface area contributed by atoms with Gasteiger partial charge in [0, 0.05) is 6.07 Å². The fourth-order valence-corrected chi connectivity index (χ4v) is 2.61. The number of carboxylic acid groups (broad SMARTS) is 1. The first-order valence-corrected chi connectivity index (χ1v) is 7.89. The predicted octanol–water partition coefficient (Wildman–Crippen LogP) is 4.60. The molecule has 1 amide bonds. The summed E-state index contributed by atoms with van der Waals surface area (Å²) >= 11 is 0. The molecule has 0 fully saturated rings. The molecule has 0 radical (unpaired) electrons. The van der Waals surface area contributed by atoms with E-state index in [-0.39, 0.29) is 5.56 Å². The molecule has 0 aliphatic heterocycles. The number of rotatable bonds is 5. The summed E-state index contributed by atoms with van der Waals surface area (Å²) in [7, 11) is 0.960. The third-order valence-corrected chi connectivity index (χ3v) is 3.95. The third kappa shape index (κ3) is 3.40. The zero-order valence-electron chi connectivity index (χ0n) is 14.6. The average Bonchev–Trinajstić information content (AvgIpc) is 3.21. The number of ether oxygens (including phenoxy) is 1. The maximum Gasteiger partial charge on any atom is 0.338 e. The van der Waals surface area contributed by atoms with Crippen molar-refractivity contribution in [3.63, 3.8) is 0 Å². The minimum Gasteiger partial charge on any atom is -0.493 e. The van der Waals surface area contributed by atoms with E-state index in [1.807, 2.05) is 0 Å². The van der Waals surface area contributed by atoms with Crippen LogP contribution in [0.3, 0.4) is 0 Å². The average molecular weight is 409 g/mol. The molecule has 150 valence electrons. The molecule has 10 heteroatoms. The van der Waals surface area contributed by atoms with Gasteiger partial charge in [0.25, 0.3) is 0 Å². The Morgan fingerprint density at radius 1 is 1.07 bits per heavy atom. The highest BCUT2D eigenvalue weighted by Gasteiger charge is 2.34. The van der Waals surface area contributed by atoms with Crippen LogP contribution in [0.4, 0.5) is 23.3 Å². The Hall–Kier alpha value is -3.82. The van der Waals surface area contributed by atoms with Gasteiger partial charge in [-0.15, -0.1) is 5.12 Å². The van der Waals surface area contributed by atoms with Crippen LogP contribution in [0.2, 0.25) is 0 Å². The van der Waals surface area contributed by atoms with E-state index in [0.29, 0.717) is 12.3 Å². The maximum absolute atomic E-state index is 14.8. The number of carbonyl (C=O) groups excluding carboxylic acids is 1. The Labute approximate surface area is 160 Å². The second-order valence-electron chi connectivity index (χ2n) is 5.66. The molecule has 1 aromatic heterocycles. The number of methoxy groups -OCH3 is 1. The molecule has 0 bridgehead atoms. The molecule has 0 atom stereocenters. The molecule has 1 N–H and O–H groups in total. The number of hydrogen-bond donors (Lipinski definition) is 1. The smallest absolute Gasteiger partial charge is 0.338 e. The largest absolute Gasteiger partial charge is 0.493 e. The number of aromatic carboxylic acids is 1. The highest BCUT2D eigenvalue weighted by molar-refractivity contribution is 6.04. The van der Waals surface area contributed by atoms with E-state index in [9.17, 15) is 27.2 Å². The molecule has 0 saturated carbocycles. The molecule has 0 aliphatic rings. The molecule has 1 heterocycles. The van der Waals surface area contributed by atoms with Crippen molar-refractivity contribution in [2.45, 2.75) is 0 Å². The van der Waals surface area contributed by atoms with Crippen LogP contribution in [-0.4, -0.2) is 24.1 Å². The summed E-state index contributed by atoms with van der Waals surface area (Å²) < 4.78 is 68.0. The van der Waals surface area contributed by atoms with E-state index in [1.165, 1.54) is 24.3 Å². The topological polar surface area (TPSA) is 80.0 Å². The molecule has 0 aliphatic carbocycles. The first kappa shape index (κ1) is 19.9. The van der Waals surface area contributed by atoms with E-state index < -0.39 is 62.8 Å². The SMILES string of the molecule is COc1c(F)c(N(F)C(=O)c2cc(C(=O)O)co2)c(F)c(F)c1-c1ccccc1. The van der Waals surface area contributed by atoms with Gasteiger partial charge in [0.1, 0.15) is 6.26 Å². The Morgan fingerprint density at radius 2 is 1.72 bits per heavy atom. The number of hydrogen-bond acceptors (Lipinski definition) is 4. The molecule has 29 heavy (non-hydrogen) atoms. The van der Waals surface area contributed by atoms with Crippen LogP contribution in [-0.2, 0) is 0 Å². The van der Waals surface area contributed by atoms with Crippen molar-refractivity contribution in [3.05, 3.63) is 71.4 Å². The molecular weight excluding hydrogens is 398 g/mol. The fraction of sp³-hybridized carbons (Fsp3) is 0.0526. The first-order valence-electron chi connectivity index (χ1n) is 7.89. The lowest BCUT2D eigenvalue weighted by molar-refractivity contribution is 0.0696. The van der Waals surface area contributed by atoms with Crippen molar-refractivity contribution in [3.8, 4) is 16.9 Å². The van der Waals surface area contributed by atoms with Gasteiger partial charge in [0.05, 0.1) is 18.2 Å². The number of nitrogens with zero attached hydrogens (tertiary/aromatic N) is 1. The van der Waals surface area contributed by atoms with E-state index in [2.05, 4.69) is 4.42 Å². The zero-order valence-corrected chi connectivity index (χ0v) is 14.6. The monoisotopic (exact) mass is 409 g/mol. The normalized spacial score (nSPS) is 10.7. The van der Waals surface area contributed by atoms with E-state index in [4.69, 9.17) is 9.84 Å². The highest BCUT2D eigenvalue weighted by Crippen LogP contribution is 2.42. The predicted molar refractivity (Wildman–Crippen MR) is 91.9 cm³/mol. The lowest BCUT2D eigenvalue weighted by atomic mass is 10.0. The number of anilines is 1. The molecule has 0 unspecified atom stereocenters. The Bertz CT molecular complexity index is 1100. The number of carbonyl (C=O) groups is 2. The van der Waals surface area contributed by atoms with Crippen molar-refractivity contribution in [2.24, 2.45) is 0 Å². The number of carboxylic acids is 1. The zero-order chi connectivity index (χ0) is 21.3. The minimum absolute atomic E-state index is 0.0556. The summed E-state index contributed by atoms with van der Waals surface area (Å²) in [5, 5.41) is 7.78. The van der Waals surface area contributed by atoms with Gasteiger partial charge in [-0.3, -0.25) is 4.79 Å². The molecule has 0 saturated heterocycles. The van der Waals surface area contributed by atoms with Gasteiger partial charge >= 0.3 is 11.9 Å². The molecular formula is C19H11F4NO5. The van der Waals surface area contributed by atoms with Crippen molar-refractivity contribution in [1.29, 1.82) is 0 Å². The summed E-state index contributed by atoms with van der Waals surface area (Å²) in [6, 6.07) is 7.92. The van der Waals surface area contributed by atoms with Gasteiger partial charge < -0.3 is 14.3 Å². The van der Waals surface area contributed by atoms with Crippen LogP contribution < -0.4 is 9.86 Å². The lowest BCUT2D eigenvalue weighted by Gasteiger charge is -2.18. The van der Waals surface area contributed by atoms with Gasteiger partial charge in [-0.1, -0.05) is 34.8 Å². The Morgan fingerprint density at radius 3 is 2.28 bits per heavy atom. The number of furan rings is 1. The van der Waals surface area contributed by atoms with E-state index in [1.54, 1.807) is 6.07 Å². The van der Waals surface area contributed by atoms with Gasteiger partial charge in [-0.25, -0.2) is 18.0 Å². The second-order valence-corrected chi connectivity index (χ2v) is 5.66. The molecule has 3 rings (SSSR count). The van der Waals surface area contributed by atoms with Crippen molar-refractivity contribution in [1.82, 2.24) is 0 Å². The summed E-state index contributed by atoms with van der Waals surface area (Å²) in [6.45, 7) is 0.